The lowest BCUT2D eigenvalue weighted by Gasteiger charge is -2.38. The highest BCUT2D eigenvalue weighted by molar-refractivity contribution is 5.73. The molecule has 0 saturated heterocycles. The van der Waals surface area contributed by atoms with E-state index in [0.717, 1.165) is 36.3 Å². The van der Waals surface area contributed by atoms with Crippen LogP contribution in [0.5, 0.6) is 0 Å². The van der Waals surface area contributed by atoms with Gasteiger partial charge >= 0.3 is 0 Å². The van der Waals surface area contributed by atoms with Gasteiger partial charge in [0.05, 0.1) is 22.7 Å². The van der Waals surface area contributed by atoms with E-state index in [2.05, 4.69) is 109 Å². The van der Waals surface area contributed by atoms with Crippen molar-refractivity contribution in [3.05, 3.63) is 82.9 Å². The molecule has 1 aliphatic rings. The lowest BCUT2D eigenvalue weighted by Crippen LogP contribution is -2.37. The molecule has 2 aromatic heterocycles. The molecule has 5 rings (SSSR count). The zero-order valence-corrected chi connectivity index (χ0v) is 21.6. The summed E-state index contributed by atoms with van der Waals surface area (Å²) in [4.78, 5) is 0. The van der Waals surface area contributed by atoms with Crippen molar-refractivity contribution in [2.24, 2.45) is 0 Å². The number of aromatic nitrogens is 4. The predicted octanol–water partition coefficient (Wildman–Crippen LogP) is 6.95. The summed E-state index contributed by atoms with van der Waals surface area (Å²) in [5.41, 5.74) is 5.01. The first-order valence-corrected chi connectivity index (χ1v) is 12.6. The maximum atomic E-state index is 6.50. The second-order valence-electron chi connectivity index (χ2n) is 10.4. The van der Waals surface area contributed by atoms with Crippen molar-refractivity contribution in [2.75, 3.05) is 5.32 Å². The Morgan fingerprint density at radius 3 is 2.34 bits per heavy atom. The third kappa shape index (κ3) is 3.85. The summed E-state index contributed by atoms with van der Waals surface area (Å²) >= 11 is 0. The fourth-order valence-corrected chi connectivity index (χ4v) is 5.52. The van der Waals surface area contributed by atoms with Crippen molar-refractivity contribution in [1.82, 2.24) is 20.0 Å². The van der Waals surface area contributed by atoms with Crippen LogP contribution in [0, 0.1) is 13.8 Å². The number of rotatable bonds is 6. The minimum absolute atomic E-state index is 0.161. The number of nitrogens with zero attached hydrogens (tertiary/aromatic N) is 4. The topological polar surface area (TPSA) is 68.8 Å². The SMILES string of the molecule is CCC(CC)(c1ccc(C)cc1)c1nnc(-c2c(C)nn3c2NC(c2ccccc2)CC3(C)C)o1. The molecular formula is C29H35N5O. The number of fused-ring (bicyclic) bond motifs is 1. The number of aryl methyl sites for hydroxylation is 2. The average molecular weight is 470 g/mol. The summed E-state index contributed by atoms with van der Waals surface area (Å²) in [5.74, 6) is 2.13. The van der Waals surface area contributed by atoms with Gasteiger partial charge in [-0.15, -0.1) is 10.2 Å². The molecule has 0 aliphatic carbocycles. The van der Waals surface area contributed by atoms with E-state index in [1.807, 2.05) is 6.92 Å². The first-order chi connectivity index (χ1) is 16.8. The summed E-state index contributed by atoms with van der Waals surface area (Å²) in [5, 5.41) is 17.8. The fourth-order valence-electron chi connectivity index (χ4n) is 5.52. The van der Waals surface area contributed by atoms with Crippen LogP contribution in [0.4, 0.5) is 5.82 Å². The van der Waals surface area contributed by atoms with Crippen LogP contribution in [0.3, 0.4) is 0 Å². The van der Waals surface area contributed by atoms with Crippen molar-refractivity contribution < 1.29 is 4.42 Å². The molecule has 1 aliphatic heterocycles. The molecule has 182 valence electrons. The Kier molecular flexibility index (Phi) is 5.78. The summed E-state index contributed by atoms with van der Waals surface area (Å²) in [6.45, 7) is 13.0. The number of hydrogen-bond acceptors (Lipinski definition) is 5. The van der Waals surface area contributed by atoms with Crippen molar-refractivity contribution in [3.8, 4) is 11.5 Å². The van der Waals surface area contributed by atoms with Gasteiger partial charge in [0.15, 0.2) is 0 Å². The molecular weight excluding hydrogens is 434 g/mol. The zero-order chi connectivity index (χ0) is 24.8. The van der Waals surface area contributed by atoms with Crippen LogP contribution in [-0.4, -0.2) is 20.0 Å². The normalized spacial score (nSPS) is 17.1. The number of benzene rings is 2. The highest BCUT2D eigenvalue weighted by Crippen LogP contribution is 2.45. The largest absolute Gasteiger partial charge is 0.420 e. The Hall–Kier alpha value is -3.41. The molecule has 1 N–H and O–H groups in total. The number of nitrogens with one attached hydrogen (secondary N) is 1. The molecule has 35 heavy (non-hydrogen) atoms. The third-order valence-corrected chi connectivity index (χ3v) is 7.71. The van der Waals surface area contributed by atoms with Gasteiger partial charge in [-0.3, -0.25) is 0 Å². The predicted molar refractivity (Wildman–Crippen MR) is 140 cm³/mol. The summed E-state index contributed by atoms with van der Waals surface area (Å²) < 4.78 is 8.59. The van der Waals surface area contributed by atoms with Crippen LogP contribution in [0.25, 0.3) is 11.5 Å². The van der Waals surface area contributed by atoms with Crippen molar-refractivity contribution in [3.63, 3.8) is 0 Å². The minimum atomic E-state index is -0.320. The van der Waals surface area contributed by atoms with Crippen LogP contribution in [0.2, 0.25) is 0 Å². The van der Waals surface area contributed by atoms with E-state index in [9.17, 15) is 0 Å². The van der Waals surface area contributed by atoms with Crippen molar-refractivity contribution >= 4 is 5.82 Å². The molecule has 1 atom stereocenters. The molecule has 1 unspecified atom stereocenters. The molecule has 0 amide bonds. The zero-order valence-electron chi connectivity index (χ0n) is 21.6. The van der Waals surface area contributed by atoms with Gasteiger partial charge in [-0.2, -0.15) is 5.10 Å². The van der Waals surface area contributed by atoms with E-state index in [-0.39, 0.29) is 17.0 Å². The Morgan fingerprint density at radius 1 is 1.00 bits per heavy atom. The number of hydrogen-bond donors (Lipinski definition) is 1. The molecule has 6 nitrogen and oxygen atoms in total. The maximum Gasteiger partial charge on any atom is 0.253 e. The van der Waals surface area contributed by atoms with Gasteiger partial charge in [0, 0.05) is 0 Å². The van der Waals surface area contributed by atoms with Gasteiger partial charge in [0.2, 0.25) is 5.89 Å². The van der Waals surface area contributed by atoms with Crippen LogP contribution >= 0.6 is 0 Å². The molecule has 0 bridgehead atoms. The molecule has 0 radical (unpaired) electrons. The van der Waals surface area contributed by atoms with Gasteiger partial charge in [-0.05, 0) is 58.1 Å². The Morgan fingerprint density at radius 2 is 1.69 bits per heavy atom. The molecule has 6 heteroatoms. The van der Waals surface area contributed by atoms with Gasteiger partial charge < -0.3 is 9.73 Å². The highest BCUT2D eigenvalue weighted by Gasteiger charge is 2.40. The Labute approximate surface area is 207 Å². The standard InChI is InChI=1S/C29H35N5O/c1-7-29(8-2,22-16-14-19(3)15-17-22)27-32-31-26(35-27)24-20(4)33-34-25(24)30-23(18-28(34,5)6)21-12-10-9-11-13-21/h9-17,23,30H,7-8,18H2,1-6H3. The number of anilines is 1. The van der Waals surface area contributed by atoms with Gasteiger partial charge in [-0.1, -0.05) is 74.0 Å². The average Bonchev–Trinajstić information content (AvgIpc) is 3.46. The molecule has 4 aromatic rings. The van der Waals surface area contributed by atoms with Gasteiger partial charge in [-0.25, -0.2) is 4.68 Å². The molecule has 0 fully saturated rings. The monoisotopic (exact) mass is 469 g/mol. The van der Waals surface area contributed by atoms with Crippen LogP contribution < -0.4 is 5.32 Å². The van der Waals surface area contributed by atoms with Crippen molar-refractivity contribution in [2.45, 2.75) is 77.8 Å². The third-order valence-electron chi connectivity index (χ3n) is 7.71. The van der Waals surface area contributed by atoms with E-state index in [1.165, 1.54) is 16.7 Å². The minimum Gasteiger partial charge on any atom is -0.420 e. The van der Waals surface area contributed by atoms with E-state index in [1.54, 1.807) is 0 Å². The van der Waals surface area contributed by atoms with Crippen LogP contribution in [0.15, 0.2) is 59.0 Å². The lowest BCUT2D eigenvalue weighted by molar-refractivity contribution is 0.263. The van der Waals surface area contributed by atoms with E-state index in [0.29, 0.717) is 11.8 Å². The second-order valence-corrected chi connectivity index (χ2v) is 10.4. The summed E-state index contributed by atoms with van der Waals surface area (Å²) in [7, 11) is 0. The second kappa shape index (κ2) is 8.67. The maximum absolute atomic E-state index is 6.50. The van der Waals surface area contributed by atoms with Crippen molar-refractivity contribution in [1.29, 1.82) is 0 Å². The van der Waals surface area contributed by atoms with Crippen LogP contribution in [0.1, 0.15) is 81.3 Å². The quantitative estimate of drug-likeness (QED) is 0.331. The first kappa shape index (κ1) is 23.3. The molecule has 0 saturated carbocycles. The Balaban J connectivity index is 1.59. The summed E-state index contributed by atoms with van der Waals surface area (Å²) in [6, 6.07) is 19.4. The fraction of sp³-hybridized carbons (Fsp3) is 0.414. The van der Waals surface area contributed by atoms with Crippen LogP contribution in [-0.2, 0) is 11.0 Å². The molecule has 2 aromatic carbocycles. The summed E-state index contributed by atoms with van der Waals surface area (Å²) in [6.07, 6.45) is 2.68. The lowest BCUT2D eigenvalue weighted by atomic mass is 9.75. The molecule has 0 spiro atoms. The smallest absolute Gasteiger partial charge is 0.253 e. The van der Waals surface area contributed by atoms with Gasteiger partial charge in [0.25, 0.3) is 5.89 Å². The molecule has 3 heterocycles. The van der Waals surface area contributed by atoms with Gasteiger partial charge in [0.1, 0.15) is 11.4 Å². The van der Waals surface area contributed by atoms with E-state index >= 15 is 0 Å². The van der Waals surface area contributed by atoms with E-state index in [4.69, 9.17) is 9.52 Å². The Bertz CT molecular complexity index is 1310. The first-order valence-electron chi connectivity index (χ1n) is 12.6. The van der Waals surface area contributed by atoms with E-state index < -0.39 is 0 Å². The highest BCUT2D eigenvalue weighted by atomic mass is 16.4.